The molecule has 96 heavy (non-hydrogen) atoms. The summed E-state index contributed by atoms with van der Waals surface area (Å²) < 4.78 is 34.5. The normalized spacial score (nSPS) is 27.1. The highest BCUT2D eigenvalue weighted by Gasteiger charge is 2.54. The first kappa shape index (κ1) is 88.5. The van der Waals surface area contributed by atoms with Gasteiger partial charge in [0.15, 0.2) is 18.9 Å². The van der Waals surface area contributed by atoms with Crippen molar-refractivity contribution in [2.45, 2.75) is 433 Å². The van der Waals surface area contributed by atoms with E-state index in [0.717, 1.165) is 51.4 Å². The minimum atomic E-state index is -1.97. The Labute approximate surface area is 581 Å². The van der Waals surface area contributed by atoms with Gasteiger partial charge < -0.3 is 89.9 Å². The molecule has 0 saturated carbocycles. The van der Waals surface area contributed by atoms with Crippen LogP contribution >= 0.6 is 0 Å². The van der Waals surface area contributed by atoms with Crippen molar-refractivity contribution in [3.05, 3.63) is 24.3 Å². The number of nitrogens with one attached hydrogen (secondary N) is 1. The molecule has 3 aliphatic rings. The van der Waals surface area contributed by atoms with Crippen LogP contribution < -0.4 is 5.32 Å². The molecule has 1 amide bonds. The van der Waals surface area contributed by atoms with E-state index in [1.54, 1.807) is 0 Å². The highest BCUT2D eigenvalue weighted by atomic mass is 16.8. The average molecular weight is 1370 g/mol. The molecule has 0 aromatic carbocycles. The third kappa shape index (κ3) is 39.1. The summed E-state index contributed by atoms with van der Waals surface area (Å²) in [6.07, 6.45) is 42.8. The lowest BCUT2D eigenvalue weighted by Gasteiger charge is -2.48. The number of hydrogen-bond acceptors (Lipinski definition) is 18. The van der Waals surface area contributed by atoms with E-state index in [9.17, 15) is 61.0 Å². The van der Waals surface area contributed by atoms with Gasteiger partial charge in [0.25, 0.3) is 0 Å². The van der Waals surface area contributed by atoms with Crippen molar-refractivity contribution in [2.75, 3.05) is 26.4 Å². The van der Waals surface area contributed by atoms with E-state index in [4.69, 9.17) is 28.4 Å². The molecule has 566 valence electrons. The fourth-order valence-electron chi connectivity index (χ4n) is 13.6. The Bertz CT molecular complexity index is 1830. The quantitative estimate of drug-likeness (QED) is 0.0199. The first-order valence-electron chi connectivity index (χ1n) is 39.6. The van der Waals surface area contributed by atoms with Crippen LogP contribution in [0.3, 0.4) is 0 Å². The van der Waals surface area contributed by atoms with E-state index >= 15 is 0 Å². The van der Waals surface area contributed by atoms with Crippen LogP contribution in [0.15, 0.2) is 24.3 Å². The summed E-state index contributed by atoms with van der Waals surface area (Å²) in [6, 6.07) is -0.884. The van der Waals surface area contributed by atoms with Gasteiger partial charge in [-0.1, -0.05) is 301 Å². The summed E-state index contributed by atoms with van der Waals surface area (Å²) in [6.45, 7) is 1.83. The van der Waals surface area contributed by atoms with E-state index in [1.807, 2.05) is 0 Å². The molecule has 3 heterocycles. The molecule has 17 atom stereocenters. The number of aliphatic hydroxyl groups is 11. The van der Waals surface area contributed by atoms with Crippen molar-refractivity contribution in [3.8, 4) is 0 Å². The highest BCUT2D eigenvalue weighted by molar-refractivity contribution is 5.76. The molecule has 19 heteroatoms. The van der Waals surface area contributed by atoms with Gasteiger partial charge in [0.1, 0.15) is 73.2 Å². The first-order valence-corrected chi connectivity index (χ1v) is 39.6. The zero-order valence-corrected chi connectivity index (χ0v) is 60.4. The summed E-state index contributed by atoms with van der Waals surface area (Å²) in [5, 5.41) is 121. The lowest BCUT2D eigenvalue weighted by Crippen LogP contribution is -2.66. The lowest BCUT2D eigenvalue weighted by atomic mass is 9.96. The van der Waals surface area contributed by atoms with Crippen LogP contribution in [0.1, 0.15) is 328 Å². The number of carbonyl (C=O) groups is 1. The second kappa shape index (κ2) is 58.7. The Balaban J connectivity index is 1.32. The summed E-state index contributed by atoms with van der Waals surface area (Å²) >= 11 is 0. The largest absolute Gasteiger partial charge is 0.394 e. The molecule has 19 nitrogen and oxygen atoms in total. The smallest absolute Gasteiger partial charge is 0.220 e. The Kier molecular flexibility index (Phi) is 54.1. The van der Waals surface area contributed by atoms with E-state index in [-0.39, 0.29) is 18.9 Å². The molecule has 3 fully saturated rings. The summed E-state index contributed by atoms with van der Waals surface area (Å²) in [5.74, 6) is -0.236. The minimum Gasteiger partial charge on any atom is -0.394 e. The molecule has 0 aromatic heterocycles. The number of rotatable bonds is 63. The second-order valence-electron chi connectivity index (χ2n) is 28.5. The van der Waals surface area contributed by atoms with Crippen LogP contribution in [0.2, 0.25) is 0 Å². The molecule has 3 rings (SSSR count). The van der Waals surface area contributed by atoms with Gasteiger partial charge in [0.2, 0.25) is 5.91 Å². The van der Waals surface area contributed by atoms with Gasteiger partial charge in [0, 0.05) is 6.42 Å². The van der Waals surface area contributed by atoms with Crippen molar-refractivity contribution >= 4 is 5.91 Å². The molecular formula is C77H145NO18. The lowest BCUT2D eigenvalue weighted by molar-refractivity contribution is -0.379. The SMILES string of the molecule is CCCCCCC/C=C\C/C=C\CCCCCCCCCCCCCCCCCCCCCCCCCC(=O)NC(COC1OC(CO)C(OC2OC(CO)C(OC3OC(CO)C(O)C(O)C3O)C(O)C2O)C(O)C1O)C(O)CCCCCCCCCCCCCCCCCC. The molecule has 3 saturated heterocycles. The van der Waals surface area contributed by atoms with Gasteiger partial charge in [-0.15, -0.1) is 0 Å². The average Bonchev–Trinajstić information content (AvgIpc) is 0.798. The van der Waals surface area contributed by atoms with Crippen molar-refractivity contribution in [2.24, 2.45) is 0 Å². The Morgan fingerprint density at radius 3 is 1.06 bits per heavy atom. The zero-order chi connectivity index (χ0) is 69.6. The predicted molar refractivity (Wildman–Crippen MR) is 379 cm³/mol. The van der Waals surface area contributed by atoms with Crippen LogP contribution in [0, 0.1) is 0 Å². The van der Waals surface area contributed by atoms with Gasteiger partial charge in [-0.3, -0.25) is 4.79 Å². The molecular weight excluding hydrogens is 1230 g/mol. The predicted octanol–water partition coefficient (Wildman–Crippen LogP) is 12.6. The molecule has 12 N–H and O–H groups in total. The number of aliphatic hydroxyl groups excluding tert-OH is 11. The van der Waals surface area contributed by atoms with Crippen LogP contribution in [-0.2, 0) is 33.2 Å². The third-order valence-corrected chi connectivity index (χ3v) is 20.0. The highest BCUT2D eigenvalue weighted by Crippen LogP contribution is 2.33. The Morgan fingerprint density at radius 2 is 0.688 bits per heavy atom. The van der Waals surface area contributed by atoms with Gasteiger partial charge in [-0.25, -0.2) is 0 Å². The fraction of sp³-hybridized carbons (Fsp3) is 0.935. The number of carbonyl (C=O) groups excluding carboxylic acids is 1. The maximum atomic E-state index is 13.5. The fourth-order valence-corrected chi connectivity index (χ4v) is 13.6. The summed E-state index contributed by atoms with van der Waals surface area (Å²) in [4.78, 5) is 13.5. The third-order valence-electron chi connectivity index (χ3n) is 20.0. The molecule has 0 aromatic rings. The maximum Gasteiger partial charge on any atom is 0.220 e. The van der Waals surface area contributed by atoms with Crippen LogP contribution in [0.4, 0.5) is 0 Å². The summed E-state index contributed by atoms with van der Waals surface area (Å²) in [7, 11) is 0. The minimum absolute atomic E-state index is 0.236. The number of ether oxygens (including phenoxy) is 6. The molecule has 0 aliphatic carbocycles. The number of unbranched alkanes of at least 4 members (excludes halogenated alkanes) is 43. The first-order chi connectivity index (χ1) is 46.8. The van der Waals surface area contributed by atoms with E-state index < -0.39 is 124 Å². The molecule has 17 unspecified atom stereocenters. The van der Waals surface area contributed by atoms with E-state index in [0.29, 0.717) is 12.8 Å². The van der Waals surface area contributed by atoms with Gasteiger partial charge >= 0.3 is 0 Å². The van der Waals surface area contributed by atoms with Crippen molar-refractivity contribution in [3.63, 3.8) is 0 Å². The standard InChI is InChI=1S/C77H145NO18/c1-3-5-7-9-11-13-15-17-19-21-22-23-24-25-26-27-28-29-30-31-32-33-34-35-36-37-38-39-41-43-45-47-49-51-53-55-65(83)78-60(61(82)54-52-50-48-46-44-42-40-20-18-16-14-12-10-8-6-4-2)59-91-75-71(89)68(86)73(63(57-80)93-75)96-77-72(90)69(87)74(64(58-81)94-77)95-76-70(88)67(85)66(84)62(56-79)92-76/h15,17,21-22,60-64,66-77,79-82,84-90H,3-14,16,18-20,23-59H2,1-2H3,(H,78,83)/b17-15-,22-21-. The molecule has 3 aliphatic heterocycles. The van der Waals surface area contributed by atoms with Crippen molar-refractivity contribution in [1.82, 2.24) is 5.32 Å². The van der Waals surface area contributed by atoms with Gasteiger partial charge in [-0.05, 0) is 44.9 Å². The number of allylic oxidation sites excluding steroid dienone is 4. The van der Waals surface area contributed by atoms with Crippen molar-refractivity contribution < 1.29 is 89.4 Å². The van der Waals surface area contributed by atoms with Crippen LogP contribution in [0.5, 0.6) is 0 Å². The van der Waals surface area contributed by atoms with E-state index in [1.165, 1.54) is 244 Å². The number of amides is 1. The number of hydrogen-bond donors (Lipinski definition) is 12. The summed E-state index contributed by atoms with van der Waals surface area (Å²) in [5.41, 5.74) is 0. The zero-order valence-electron chi connectivity index (χ0n) is 60.4. The molecule has 0 spiro atoms. The van der Waals surface area contributed by atoms with Crippen LogP contribution in [-0.4, -0.2) is 193 Å². The topological polar surface area (TPSA) is 307 Å². The molecule has 0 bridgehead atoms. The second-order valence-corrected chi connectivity index (χ2v) is 28.5. The van der Waals surface area contributed by atoms with Crippen molar-refractivity contribution in [1.29, 1.82) is 0 Å². The van der Waals surface area contributed by atoms with Crippen LogP contribution in [0.25, 0.3) is 0 Å². The Hall–Kier alpha value is -1.73. The molecule has 0 radical (unpaired) electrons. The van der Waals surface area contributed by atoms with E-state index in [2.05, 4.69) is 43.5 Å². The monoisotopic (exact) mass is 1370 g/mol. The maximum absolute atomic E-state index is 13.5. The Morgan fingerprint density at radius 1 is 0.375 bits per heavy atom. The van der Waals surface area contributed by atoms with Gasteiger partial charge in [0.05, 0.1) is 38.6 Å². The van der Waals surface area contributed by atoms with Gasteiger partial charge in [-0.2, -0.15) is 0 Å².